The maximum atomic E-state index is 13.4. The highest BCUT2D eigenvalue weighted by atomic mass is 16.7. The van der Waals surface area contributed by atoms with E-state index in [1.165, 1.54) is 6.42 Å². The van der Waals surface area contributed by atoms with E-state index in [2.05, 4.69) is 0 Å². The van der Waals surface area contributed by atoms with Gasteiger partial charge in [-0.25, -0.2) is 0 Å². The van der Waals surface area contributed by atoms with Crippen molar-refractivity contribution in [1.82, 2.24) is 9.80 Å². The van der Waals surface area contributed by atoms with E-state index >= 15 is 0 Å². The van der Waals surface area contributed by atoms with E-state index in [0.29, 0.717) is 30.3 Å². The number of rotatable bonds is 8. The van der Waals surface area contributed by atoms with Gasteiger partial charge in [-0.15, -0.1) is 0 Å². The monoisotopic (exact) mass is 440 g/mol. The van der Waals surface area contributed by atoms with Crippen LogP contribution in [0.1, 0.15) is 57.3 Å². The van der Waals surface area contributed by atoms with Crippen LogP contribution in [0.3, 0.4) is 0 Å². The summed E-state index contributed by atoms with van der Waals surface area (Å²) >= 11 is 0. The Morgan fingerprint density at radius 3 is 2.53 bits per heavy atom. The van der Waals surface area contributed by atoms with Crippen molar-refractivity contribution in [2.75, 3.05) is 13.3 Å². The molecule has 1 aromatic heterocycles. The standard InChI is InChI=1S/C25H32N2O5/c1-18(2)27(25(29)20-7-4-3-5-8-20)16-24(28)26(15-21-9-6-12-30-21)14-19-10-11-22-23(13-19)32-17-31-22/h6,9-13,18,20H,3-5,7-8,14-17H2,1-2H3. The van der Waals surface area contributed by atoms with Crippen LogP contribution in [0.15, 0.2) is 41.0 Å². The molecule has 0 spiro atoms. The Balaban J connectivity index is 1.49. The Bertz CT molecular complexity index is 918. The molecule has 7 heteroatoms. The zero-order valence-corrected chi connectivity index (χ0v) is 18.9. The normalized spacial score (nSPS) is 15.7. The highest BCUT2D eigenvalue weighted by molar-refractivity contribution is 5.86. The fraction of sp³-hybridized carbons (Fsp3) is 0.520. The van der Waals surface area contributed by atoms with Gasteiger partial charge in [-0.1, -0.05) is 25.3 Å². The first kappa shape index (κ1) is 22.2. The molecule has 32 heavy (non-hydrogen) atoms. The SMILES string of the molecule is CC(C)N(CC(=O)N(Cc1ccc2c(c1)OCO2)Cc1ccco1)C(=O)C1CCCCC1. The average molecular weight is 441 g/mol. The molecular weight excluding hydrogens is 408 g/mol. The van der Waals surface area contributed by atoms with Gasteiger partial charge in [-0.2, -0.15) is 0 Å². The number of carbonyl (C=O) groups excluding carboxylic acids is 2. The second kappa shape index (κ2) is 10.1. The number of nitrogens with zero attached hydrogens (tertiary/aromatic N) is 2. The van der Waals surface area contributed by atoms with Gasteiger partial charge in [0.1, 0.15) is 12.3 Å². The summed E-state index contributed by atoms with van der Waals surface area (Å²) in [5, 5.41) is 0. The van der Waals surface area contributed by atoms with Crippen LogP contribution in [0, 0.1) is 5.92 Å². The molecule has 0 atom stereocenters. The molecule has 0 bridgehead atoms. The second-order valence-electron chi connectivity index (χ2n) is 8.91. The summed E-state index contributed by atoms with van der Waals surface area (Å²) in [6.07, 6.45) is 6.81. The van der Waals surface area contributed by atoms with Crippen LogP contribution in [-0.2, 0) is 22.7 Å². The zero-order chi connectivity index (χ0) is 22.5. The number of amides is 2. The van der Waals surface area contributed by atoms with Crippen molar-refractivity contribution in [2.24, 2.45) is 5.92 Å². The van der Waals surface area contributed by atoms with E-state index in [0.717, 1.165) is 31.2 Å². The lowest BCUT2D eigenvalue weighted by atomic mass is 9.88. The molecule has 1 aliphatic carbocycles. The van der Waals surface area contributed by atoms with Gasteiger partial charge in [0.2, 0.25) is 18.6 Å². The Hall–Kier alpha value is -2.96. The Kier molecular flexibility index (Phi) is 7.02. The van der Waals surface area contributed by atoms with Gasteiger partial charge in [-0.05, 0) is 56.5 Å². The topological polar surface area (TPSA) is 72.2 Å². The first-order valence-electron chi connectivity index (χ1n) is 11.5. The van der Waals surface area contributed by atoms with Gasteiger partial charge in [0, 0.05) is 18.5 Å². The minimum absolute atomic E-state index is 0.0336. The van der Waals surface area contributed by atoms with E-state index in [1.807, 2.05) is 44.2 Å². The van der Waals surface area contributed by atoms with E-state index < -0.39 is 0 Å². The lowest BCUT2D eigenvalue weighted by molar-refractivity contribution is -0.146. The molecule has 2 aliphatic rings. The van der Waals surface area contributed by atoms with E-state index in [1.54, 1.807) is 16.1 Å². The predicted molar refractivity (Wildman–Crippen MR) is 119 cm³/mol. The first-order valence-corrected chi connectivity index (χ1v) is 11.5. The zero-order valence-electron chi connectivity index (χ0n) is 18.9. The lowest BCUT2D eigenvalue weighted by Gasteiger charge is -2.33. The Labute approximate surface area is 189 Å². The van der Waals surface area contributed by atoms with Crippen LogP contribution in [0.4, 0.5) is 0 Å². The smallest absolute Gasteiger partial charge is 0.242 e. The van der Waals surface area contributed by atoms with Crippen molar-refractivity contribution < 1.29 is 23.5 Å². The molecule has 7 nitrogen and oxygen atoms in total. The summed E-state index contributed by atoms with van der Waals surface area (Å²) in [5.74, 6) is 2.14. The maximum Gasteiger partial charge on any atom is 0.242 e. The van der Waals surface area contributed by atoms with Crippen molar-refractivity contribution >= 4 is 11.8 Å². The van der Waals surface area contributed by atoms with E-state index in [9.17, 15) is 9.59 Å². The molecule has 1 fully saturated rings. The molecule has 0 N–H and O–H groups in total. The number of benzene rings is 1. The fourth-order valence-electron chi connectivity index (χ4n) is 4.43. The molecule has 1 saturated carbocycles. The maximum absolute atomic E-state index is 13.4. The van der Waals surface area contributed by atoms with E-state index in [4.69, 9.17) is 13.9 Å². The lowest BCUT2D eigenvalue weighted by Crippen LogP contribution is -2.47. The van der Waals surface area contributed by atoms with Crippen LogP contribution in [0.25, 0.3) is 0 Å². The third-order valence-corrected chi connectivity index (χ3v) is 6.26. The Morgan fingerprint density at radius 1 is 1.03 bits per heavy atom. The highest BCUT2D eigenvalue weighted by Gasteiger charge is 2.30. The van der Waals surface area contributed by atoms with Gasteiger partial charge in [0.05, 0.1) is 12.8 Å². The highest BCUT2D eigenvalue weighted by Crippen LogP contribution is 2.33. The van der Waals surface area contributed by atoms with Crippen LogP contribution in [-0.4, -0.2) is 41.0 Å². The largest absolute Gasteiger partial charge is 0.467 e. The number of ether oxygens (including phenoxy) is 2. The van der Waals surface area contributed by atoms with Crippen LogP contribution >= 0.6 is 0 Å². The molecule has 1 aromatic carbocycles. The van der Waals surface area contributed by atoms with Crippen molar-refractivity contribution in [3.8, 4) is 11.5 Å². The number of hydrogen-bond acceptors (Lipinski definition) is 5. The molecule has 4 rings (SSSR count). The number of hydrogen-bond donors (Lipinski definition) is 0. The van der Waals surface area contributed by atoms with Gasteiger partial charge < -0.3 is 23.7 Å². The number of carbonyl (C=O) groups is 2. The molecule has 2 aromatic rings. The molecule has 0 saturated heterocycles. The summed E-state index contributed by atoms with van der Waals surface area (Å²) < 4.78 is 16.4. The Morgan fingerprint density at radius 2 is 1.81 bits per heavy atom. The number of furan rings is 1. The predicted octanol–water partition coefficient (Wildman–Crippen LogP) is 4.35. The third kappa shape index (κ3) is 5.26. The van der Waals surface area contributed by atoms with Gasteiger partial charge in [0.15, 0.2) is 11.5 Å². The summed E-state index contributed by atoms with van der Waals surface area (Å²) in [6.45, 7) is 4.95. The fourth-order valence-corrected chi connectivity index (χ4v) is 4.43. The number of fused-ring (bicyclic) bond motifs is 1. The van der Waals surface area contributed by atoms with Crippen molar-refractivity contribution in [3.63, 3.8) is 0 Å². The van der Waals surface area contributed by atoms with Gasteiger partial charge in [-0.3, -0.25) is 9.59 Å². The second-order valence-corrected chi connectivity index (χ2v) is 8.91. The summed E-state index contributed by atoms with van der Waals surface area (Å²) in [4.78, 5) is 30.1. The third-order valence-electron chi connectivity index (χ3n) is 6.26. The minimum Gasteiger partial charge on any atom is -0.467 e. The van der Waals surface area contributed by atoms with Gasteiger partial charge >= 0.3 is 0 Å². The van der Waals surface area contributed by atoms with E-state index in [-0.39, 0.29) is 37.1 Å². The molecular formula is C25H32N2O5. The molecule has 1 aliphatic heterocycles. The summed E-state index contributed by atoms with van der Waals surface area (Å²) in [5.41, 5.74) is 0.934. The molecule has 0 radical (unpaired) electrons. The van der Waals surface area contributed by atoms with Crippen LogP contribution in [0.2, 0.25) is 0 Å². The quantitative estimate of drug-likeness (QED) is 0.610. The van der Waals surface area contributed by atoms with Crippen LogP contribution < -0.4 is 9.47 Å². The molecule has 172 valence electrons. The summed E-state index contributed by atoms with van der Waals surface area (Å²) in [7, 11) is 0. The summed E-state index contributed by atoms with van der Waals surface area (Å²) in [6, 6.07) is 9.32. The average Bonchev–Trinajstić information content (AvgIpc) is 3.48. The van der Waals surface area contributed by atoms with Crippen molar-refractivity contribution in [1.29, 1.82) is 0 Å². The van der Waals surface area contributed by atoms with Gasteiger partial charge in [0.25, 0.3) is 0 Å². The molecule has 2 heterocycles. The molecule has 0 unspecified atom stereocenters. The first-order chi connectivity index (χ1) is 15.5. The minimum atomic E-state index is -0.100. The van der Waals surface area contributed by atoms with Crippen molar-refractivity contribution in [3.05, 3.63) is 47.9 Å². The molecule has 2 amide bonds. The van der Waals surface area contributed by atoms with Crippen molar-refractivity contribution in [2.45, 2.75) is 65.1 Å². The van der Waals surface area contributed by atoms with Crippen LogP contribution in [0.5, 0.6) is 11.5 Å².